The number of hydrogen-bond acceptors (Lipinski definition) is 5. The molecule has 0 radical (unpaired) electrons. The second-order valence-electron chi connectivity index (χ2n) is 5.62. The first-order valence-electron chi connectivity index (χ1n) is 8.18. The van der Waals surface area contributed by atoms with Crippen LogP contribution in [0.2, 0.25) is 0 Å². The summed E-state index contributed by atoms with van der Waals surface area (Å²) in [5.41, 5.74) is 1.97. The zero-order chi connectivity index (χ0) is 18.4. The molecule has 7 heteroatoms. The number of aromatic nitrogens is 3. The van der Waals surface area contributed by atoms with Crippen molar-refractivity contribution in [2.45, 2.75) is 25.1 Å². The summed E-state index contributed by atoms with van der Waals surface area (Å²) < 4.78 is 7.82. The maximum atomic E-state index is 10.8. The van der Waals surface area contributed by atoms with Gasteiger partial charge in [0, 0.05) is 11.4 Å². The van der Waals surface area contributed by atoms with Gasteiger partial charge in [-0.3, -0.25) is 9.36 Å². The lowest BCUT2D eigenvalue weighted by atomic mass is 10.2. The van der Waals surface area contributed by atoms with Gasteiger partial charge in [0.05, 0.1) is 6.42 Å². The van der Waals surface area contributed by atoms with Crippen LogP contribution in [0.3, 0.4) is 0 Å². The van der Waals surface area contributed by atoms with Crippen LogP contribution in [0.5, 0.6) is 5.75 Å². The van der Waals surface area contributed by atoms with Crippen molar-refractivity contribution in [3.63, 3.8) is 0 Å². The molecule has 1 N–H and O–H groups in total. The molecule has 0 spiro atoms. The van der Waals surface area contributed by atoms with Gasteiger partial charge < -0.3 is 9.84 Å². The molecule has 3 rings (SSSR count). The molecule has 0 saturated carbocycles. The first-order valence-corrected chi connectivity index (χ1v) is 9.16. The Morgan fingerprint density at radius 2 is 1.85 bits per heavy atom. The molecule has 0 aliphatic heterocycles. The minimum absolute atomic E-state index is 0.0708. The summed E-state index contributed by atoms with van der Waals surface area (Å²) >= 11 is 1.37. The number of para-hydroxylation sites is 2. The van der Waals surface area contributed by atoms with Gasteiger partial charge in [0.15, 0.2) is 11.0 Å². The molecular formula is C19H19N3O3S. The number of benzene rings is 2. The lowest BCUT2D eigenvalue weighted by Gasteiger charge is -2.12. The minimum Gasteiger partial charge on any atom is -0.485 e. The number of hydrogen-bond donors (Lipinski definition) is 1. The topological polar surface area (TPSA) is 77.2 Å². The Morgan fingerprint density at radius 3 is 2.58 bits per heavy atom. The van der Waals surface area contributed by atoms with Gasteiger partial charge in [-0.05, 0) is 30.7 Å². The van der Waals surface area contributed by atoms with Crippen LogP contribution in [0.25, 0.3) is 5.69 Å². The van der Waals surface area contributed by atoms with Gasteiger partial charge in [-0.15, -0.1) is 10.2 Å². The van der Waals surface area contributed by atoms with E-state index in [2.05, 4.69) is 10.2 Å². The van der Waals surface area contributed by atoms with Gasteiger partial charge >= 0.3 is 5.97 Å². The Balaban J connectivity index is 1.83. The van der Waals surface area contributed by atoms with E-state index in [0.29, 0.717) is 16.7 Å². The molecule has 0 aliphatic carbocycles. The summed E-state index contributed by atoms with van der Waals surface area (Å²) in [6.45, 7) is 2.26. The van der Waals surface area contributed by atoms with Crippen molar-refractivity contribution >= 4 is 17.7 Å². The number of carboxylic acids is 1. The Hall–Kier alpha value is -2.80. The van der Waals surface area contributed by atoms with E-state index in [1.165, 1.54) is 11.8 Å². The molecule has 26 heavy (non-hydrogen) atoms. The lowest BCUT2D eigenvalue weighted by molar-refractivity contribution is -0.136. The molecule has 0 aliphatic rings. The van der Waals surface area contributed by atoms with Crippen LogP contribution in [0.1, 0.15) is 17.8 Å². The Bertz CT molecular complexity index is 881. The quantitative estimate of drug-likeness (QED) is 0.610. The number of rotatable bonds is 8. The van der Waals surface area contributed by atoms with Crippen LogP contribution in [0, 0.1) is 6.92 Å². The third kappa shape index (κ3) is 4.43. The molecule has 1 heterocycles. The normalized spacial score (nSPS) is 10.7. The fraction of sp³-hybridized carbons (Fsp3) is 0.211. The molecular weight excluding hydrogens is 350 g/mol. The molecule has 3 aromatic rings. The molecule has 134 valence electrons. The molecule has 0 amide bonds. The Morgan fingerprint density at radius 1 is 1.12 bits per heavy atom. The standard InChI is InChI=1S/C19H19N3O3S/c1-14-7-5-6-10-16(14)25-13-17-20-21-19(26-12-11-18(23)24)22(17)15-8-3-2-4-9-15/h2-10H,11-13H2,1H3,(H,23,24). The van der Waals surface area contributed by atoms with Gasteiger partial charge in [-0.1, -0.05) is 48.2 Å². The zero-order valence-electron chi connectivity index (χ0n) is 14.3. The van der Waals surface area contributed by atoms with Gasteiger partial charge in [-0.25, -0.2) is 0 Å². The average Bonchev–Trinajstić information content (AvgIpc) is 3.04. The first-order chi connectivity index (χ1) is 12.6. The fourth-order valence-electron chi connectivity index (χ4n) is 2.41. The predicted molar refractivity (Wildman–Crippen MR) is 99.8 cm³/mol. The second kappa shape index (κ2) is 8.53. The van der Waals surface area contributed by atoms with Crippen LogP contribution in [-0.2, 0) is 11.4 Å². The zero-order valence-corrected chi connectivity index (χ0v) is 15.1. The minimum atomic E-state index is -0.827. The molecule has 6 nitrogen and oxygen atoms in total. The van der Waals surface area contributed by atoms with E-state index in [1.54, 1.807) is 0 Å². The highest BCUT2D eigenvalue weighted by Gasteiger charge is 2.15. The Labute approximate surface area is 155 Å². The maximum Gasteiger partial charge on any atom is 0.304 e. The van der Waals surface area contributed by atoms with Crippen molar-refractivity contribution in [2.75, 3.05) is 5.75 Å². The van der Waals surface area contributed by atoms with Gasteiger partial charge in [-0.2, -0.15) is 0 Å². The van der Waals surface area contributed by atoms with Crippen molar-refractivity contribution in [3.05, 3.63) is 66.0 Å². The highest BCUT2D eigenvalue weighted by Crippen LogP contribution is 2.24. The summed E-state index contributed by atoms with van der Waals surface area (Å²) in [5, 5.41) is 18.0. The molecule has 1 aromatic heterocycles. The van der Waals surface area contributed by atoms with E-state index in [9.17, 15) is 4.79 Å². The van der Waals surface area contributed by atoms with Crippen LogP contribution in [0.4, 0.5) is 0 Å². The van der Waals surface area contributed by atoms with E-state index in [4.69, 9.17) is 9.84 Å². The van der Waals surface area contributed by atoms with Crippen molar-refractivity contribution in [1.29, 1.82) is 0 Å². The van der Waals surface area contributed by atoms with Gasteiger partial charge in [0.25, 0.3) is 0 Å². The third-order valence-electron chi connectivity index (χ3n) is 3.71. The number of ether oxygens (including phenoxy) is 1. The molecule has 0 fully saturated rings. The lowest BCUT2D eigenvalue weighted by Crippen LogP contribution is -2.07. The average molecular weight is 369 g/mol. The smallest absolute Gasteiger partial charge is 0.304 e. The highest BCUT2D eigenvalue weighted by molar-refractivity contribution is 7.99. The Kier molecular flexibility index (Phi) is 5.91. The van der Waals surface area contributed by atoms with Crippen molar-refractivity contribution in [1.82, 2.24) is 14.8 Å². The van der Waals surface area contributed by atoms with Crippen LogP contribution in [-0.4, -0.2) is 31.6 Å². The summed E-state index contributed by atoms with van der Waals surface area (Å²) in [6, 6.07) is 17.5. The molecule has 0 atom stereocenters. The van der Waals surface area contributed by atoms with Gasteiger partial charge in [0.1, 0.15) is 12.4 Å². The number of nitrogens with zero attached hydrogens (tertiary/aromatic N) is 3. The number of aryl methyl sites for hydroxylation is 1. The number of aliphatic carboxylic acids is 1. The summed E-state index contributed by atoms with van der Waals surface area (Å²) in [6.07, 6.45) is 0.0708. The monoisotopic (exact) mass is 369 g/mol. The van der Waals surface area contributed by atoms with E-state index in [-0.39, 0.29) is 13.0 Å². The largest absolute Gasteiger partial charge is 0.485 e. The number of carbonyl (C=O) groups is 1. The molecule has 0 saturated heterocycles. The van der Waals surface area contributed by atoms with Crippen molar-refractivity contribution < 1.29 is 14.6 Å². The third-order valence-corrected chi connectivity index (χ3v) is 4.64. The summed E-state index contributed by atoms with van der Waals surface area (Å²) in [5.74, 6) is 1.07. The van der Waals surface area contributed by atoms with E-state index < -0.39 is 5.97 Å². The summed E-state index contributed by atoms with van der Waals surface area (Å²) in [4.78, 5) is 10.8. The molecule has 2 aromatic carbocycles. The number of carboxylic acid groups (broad SMARTS) is 1. The van der Waals surface area contributed by atoms with E-state index in [1.807, 2.05) is 66.1 Å². The predicted octanol–water partition coefficient (Wildman–Crippen LogP) is 3.72. The van der Waals surface area contributed by atoms with E-state index in [0.717, 1.165) is 17.0 Å². The molecule has 0 unspecified atom stereocenters. The first kappa shape index (κ1) is 18.0. The van der Waals surface area contributed by atoms with Crippen LogP contribution in [0.15, 0.2) is 59.8 Å². The fourth-order valence-corrected chi connectivity index (χ4v) is 3.31. The van der Waals surface area contributed by atoms with Crippen molar-refractivity contribution in [3.8, 4) is 11.4 Å². The van der Waals surface area contributed by atoms with E-state index >= 15 is 0 Å². The molecule has 0 bridgehead atoms. The van der Waals surface area contributed by atoms with Gasteiger partial charge in [0.2, 0.25) is 0 Å². The van der Waals surface area contributed by atoms with Crippen molar-refractivity contribution in [2.24, 2.45) is 0 Å². The number of thioether (sulfide) groups is 1. The summed E-state index contributed by atoms with van der Waals surface area (Å²) in [7, 11) is 0. The van der Waals surface area contributed by atoms with Crippen LogP contribution >= 0.6 is 11.8 Å². The second-order valence-corrected chi connectivity index (χ2v) is 6.68. The maximum absolute atomic E-state index is 10.8. The SMILES string of the molecule is Cc1ccccc1OCc1nnc(SCCC(=O)O)n1-c1ccccc1. The highest BCUT2D eigenvalue weighted by atomic mass is 32.2. The van der Waals surface area contributed by atoms with Crippen LogP contribution < -0.4 is 4.74 Å².